The van der Waals surface area contributed by atoms with Crippen LogP contribution in [0.4, 0.5) is 5.69 Å². The van der Waals surface area contributed by atoms with Crippen LogP contribution in [-0.4, -0.2) is 26.4 Å². The van der Waals surface area contributed by atoms with Crippen molar-refractivity contribution in [3.05, 3.63) is 61.9 Å². The number of ether oxygens (including phenoxy) is 1. The molecule has 2 aromatic carbocycles. The molecular formula is C18H15Cl2IN4O2S. The van der Waals surface area contributed by atoms with Crippen molar-refractivity contribution in [1.82, 2.24) is 14.8 Å². The zero-order valence-electron chi connectivity index (χ0n) is 14.7. The second-order valence-corrected chi connectivity index (χ2v) is 8.70. The average Bonchev–Trinajstić information content (AvgIpc) is 2.99. The molecule has 0 atom stereocenters. The SMILES string of the molecule is Cn1c(COc2ccc(Cl)cc2Cl)nnc1SCC(=O)Nc1cccc(I)c1. The maximum Gasteiger partial charge on any atom is 0.234 e. The Bertz CT molecular complexity index is 999. The van der Waals surface area contributed by atoms with Gasteiger partial charge in [-0.2, -0.15) is 0 Å². The van der Waals surface area contributed by atoms with Gasteiger partial charge in [-0.25, -0.2) is 0 Å². The number of benzene rings is 2. The third-order valence-electron chi connectivity index (χ3n) is 3.62. The van der Waals surface area contributed by atoms with E-state index in [4.69, 9.17) is 27.9 Å². The molecule has 10 heteroatoms. The van der Waals surface area contributed by atoms with E-state index in [1.807, 2.05) is 31.3 Å². The van der Waals surface area contributed by atoms with Gasteiger partial charge in [0, 0.05) is 21.3 Å². The van der Waals surface area contributed by atoms with E-state index in [9.17, 15) is 4.79 Å². The number of aromatic nitrogens is 3. The van der Waals surface area contributed by atoms with E-state index in [-0.39, 0.29) is 18.3 Å². The van der Waals surface area contributed by atoms with Gasteiger partial charge in [0.2, 0.25) is 5.91 Å². The Hall–Kier alpha value is -1.49. The van der Waals surface area contributed by atoms with Crippen LogP contribution in [0.25, 0.3) is 0 Å². The molecule has 1 amide bonds. The number of hydrogen-bond acceptors (Lipinski definition) is 5. The highest BCUT2D eigenvalue weighted by Crippen LogP contribution is 2.28. The molecular weight excluding hydrogens is 534 g/mol. The predicted molar refractivity (Wildman–Crippen MR) is 120 cm³/mol. The largest absolute Gasteiger partial charge is 0.484 e. The Balaban J connectivity index is 1.54. The van der Waals surface area contributed by atoms with E-state index in [0.717, 1.165) is 9.26 Å². The molecule has 6 nitrogen and oxygen atoms in total. The van der Waals surface area contributed by atoms with E-state index < -0.39 is 0 Å². The quantitative estimate of drug-likeness (QED) is 0.331. The fraction of sp³-hybridized carbons (Fsp3) is 0.167. The minimum Gasteiger partial charge on any atom is -0.484 e. The van der Waals surface area contributed by atoms with Crippen LogP contribution in [0.15, 0.2) is 47.6 Å². The molecule has 0 aliphatic rings. The summed E-state index contributed by atoms with van der Waals surface area (Å²) in [5.74, 6) is 1.24. The molecule has 1 aromatic heterocycles. The predicted octanol–water partition coefficient (Wildman–Crippen LogP) is 5.04. The van der Waals surface area contributed by atoms with Gasteiger partial charge >= 0.3 is 0 Å². The first-order valence-corrected chi connectivity index (χ1v) is 10.9. The van der Waals surface area contributed by atoms with Gasteiger partial charge in [0.05, 0.1) is 10.8 Å². The molecule has 3 rings (SSSR count). The number of anilines is 1. The Morgan fingerprint density at radius 2 is 2.07 bits per heavy atom. The molecule has 0 unspecified atom stereocenters. The summed E-state index contributed by atoms with van der Waals surface area (Å²) in [6.07, 6.45) is 0. The molecule has 0 spiro atoms. The van der Waals surface area contributed by atoms with Crippen LogP contribution in [0.3, 0.4) is 0 Å². The van der Waals surface area contributed by atoms with E-state index in [2.05, 4.69) is 38.1 Å². The summed E-state index contributed by atoms with van der Waals surface area (Å²) in [6, 6.07) is 12.6. The third kappa shape index (κ3) is 5.76. The maximum atomic E-state index is 12.1. The summed E-state index contributed by atoms with van der Waals surface area (Å²) in [5.41, 5.74) is 0.768. The van der Waals surface area contributed by atoms with Crippen LogP contribution in [0.1, 0.15) is 5.82 Å². The molecule has 1 heterocycles. The number of thioether (sulfide) groups is 1. The Kier molecular flexibility index (Phi) is 7.44. The Morgan fingerprint density at radius 3 is 2.82 bits per heavy atom. The highest BCUT2D eigenvalue weighted by Gasteiger charge is 2.13. The van der Waals surface area contributed by atoms with Gasteiger partial charge in [0.25, 0.3) is 0 Å². The van der Waals surface area contributed by atoms with Crippen LogP contribution in [0.5, 0.6) is 5.75 Å². The third-order valence-corrected chi connectivity index (χ3v) is 5.84. The van der Waals surface area contributed by atoms with Crippen LogP contribution >= 0.6 is 57.6 Å². The highest BCUT2D eigenvalue weighted by molar-refractivity contribution is 14.1. The van der Waals surface area contributed by atoms with Crippen LogP contribution in [0.2, 0.25) is 10.0 Å². The fourth-order valence-electron chi connectivity index (χ4n) is 2.22. The van der Waals surface area contributed by atoms with Crippen LogP contribution in [0, 0.1) is 3.57 Å². The second kappa shape index (κ2) is 9.82. The lowest BCUT2D eigenvalue weighted by atomic mass is 10.3. The maximum absolute atomic E-state index is 12.1. The lowest BCUT2D eigenvalue weighted by Gasteiger charge is -2.08. The molecule has 0 radical (unpaired) electrons. The standard InChI is InChI=1S/C18H15Cl2IN4O2S/c1-25-16(9-27-15-6-5-11(19)7-14(15)20)23-24-18(25)28-10-17(26)22-13-4-2-3-12(21)8-13/h2-8H,9-10H2,1H3,(H,22,26). The van der Waals surface area contributed by atoms with Gasteiger partial charge in [0.1, 0.15) is 12.4 Å². The topological polar surface area (TPSA) is 69.0 Å². The first-order chi connectivity index (χ1) is 13.4. The summed E-state index contributed by atoms with van der Waals surface area (Å²) in [4.78, 5) is 12.1. The number of nitrogens with zero attached hydrogens (tertiary/aromatic N) is 3. The number of carbonyl (C=O) groups is 1. The minimum atomic E-state index is -0.110. The Morgan fingerprint density at radius 1 is 1.25 bits per heavy atom. The molecule has 0 aliphatic carbocycles. The van der Waals surface area contributed by atoms with Crippen molar-refractivity contribution in [1.29, 1.82) is 0 Å². The lowest BCUT2D eigenvalue weighted by molar-refractivity contribution is -0.113. The van der Waals surface area contributed by atoms with Gasteiger partial charge in [-0.15, -0.1) is 10.2 Å². The van der Waals surface area contributed by atoms with Crippen LogP contribution < -0.4 is 10.1 Å². The number of halogens is 3. The summed E-state index contributed by atoms with van der Waals surface area (Å²) in [6.45, 7) is 0.195. The number of carbonyl (C=O) groups excluding carboxylic acids is 1. The Labute approximate surface area is 190 Å². The lowest BCUT2D eigenvalue weighted by Crippen LogP contribution is -2.14. The van der Waals surface area contributed by atoms with Crippen molar-refractivity contribution < 1.29 is 9.53 Å². The first kappa shape index (κ1) is 21.2. The number of amides is 1. The van der Waals surface area contributed by atoms with E-state index >= 15 is 0 Å². The molecule has 0 fully saturated rings. The second-order valence-electron chi connectivity index (χ2n) is 5.67. The monoisotopic (exact) mass is 548 g/mol. The summed E-state index contributed by atoms with van der Waals surface area (Å²) >= 11 is 15.5. The zero-order chi connectivity index (χ0) is 20.1. The number of hydrogen-bond donors (Lipinski definition) is 1. The zero-order valence-corrected chi connectivity index (χ0v) is 19.1. The van der Waals surface area contributed by atoms with Crippen molar-refractivity contribution in [3.8, 4) is 5.75 Å². The molecule has 0 saturated carbocycles. The van der Waals surface area contributed by atoms with Gasteiger partial charge in [-0.1, -0.05) is 41.0 Å². The van der Waals surface area contributed by atoms with E-state index in [0.29, 0.717) is 26.8 Å². The van der Waals surface area contributed by atoms with Gasteiger partial charge < -0.3 is 14.6 Å². The number of nitrogens with one attached hydrogen (secondary N) is 1. The van der Waals surface area contributed by atoms with Crippen molar-refractivity contribution in [3.63, 3.8) is 0 Å². The summed E-state index contributed by atoms with van der Waals surface area (Å²) < 4.78 is 8.53. The van der Waals surface area contributed by atoms with E-state index in [1.165, 1.54) is 11.8 Å². The molecule has 0 aliphatic heterocycles. The minimum absolute atomic E-state index is 0.110. The van der Waals surface area contributed by atoms with Gasteiger partial charge in [-0.05, 0) is 59.0 Å². The highest BCUT2D eigenvalue weighted by atomic mass is 127. The fourth-order valence-corrected chi connectivity index (χ4v) is 3.96. The average molecular weight is 549 g/mol. The molecule has 28 heavy (non-hydrogen) atoms. The molecule has 0 bridgehead atoms. The first-order valence-electron chi connectivity index (χ1n) is 8.06. The molecule has 3 aromatic rings. The smallest absolute Gasteiger partial charge is 0.234 e. The summed E-state index contributed by atoms with van der Waals surface area (Å²) in [7, 11) is 1.82. The van der Waals surface area contributed by atoms with Crippen molar-refractivity contribution in [2.45, 2.75) is 11.8 Å². The van der Waals surface area contributed by atoms with Crippen molar-refractivity contribution >= 4 is 69.1 Å². The molecule has 1 N–H and O–H groups in total. The number of rotatable bonds is 7. The molecule has 146 valence electrons. The van der Waals surface area contributed by atoms with Crippen LogP contribution in [-0.2, 0) is 18.4 Å². The summed E-state index contributed by atoms with van der Waals surface area (Å²) in [5, 5.41) is 12.7. The van der Waals surface area contributed by atoms with E-state index in [1.54, 1.807) is 22.8 Å². The van der Waals surface area contributed by atoms with Gasteiger partial charge in [-0.3, -0.25) is 4.79 Å². The molecule has 0 saturated heterocycles. The normalized spacial score (nSPS) is 10.7. The van der Waals surface area contributed by atoms with Crippen molar-refractivity contribution in [2.75, 3.05) is 11.1 Å². The van der Waals surface area contributed by atoms with Crippen molar-refractivity contribution in [2.24, 2.45) is 7.05 Å². The van der Waals surface area contributed by atoms with Gasteiger partial charge in [0.15, 0.2) is 11.0 Å².